The van der Waals surface area contributed by atoms with Crippen molar-refractivity contribution >= 4 is 44.1 Å². The lowest BCUT2D eigenvalue weighted by atomic mass is 10.1. The molecular weight excluding hydrogens is 621 g/mol. The van der Waals surface area contributed by atoms with Crippen LogP contribution in [-0.2, 0) is 0 Å². The third kappa shape index (κ3) is 4.17. The van der Waals surface area contributed by atoms with E-state index in [1.54, 1.807) is 49.6 Å². The minimum atomic E-state index is -0.212. The molecule has 0 atom stereocenters. The summed E-state index contributed by atoms with van der Waals surface area (Å²) in [4.78, 5) is 40.6. The summed E-state index contributed by atoms with van der Waals surface area (Å²) >= 11 is 0. The molecule has 0 aliphatic rings. The number of nitrogens with one attached hydrogen (secondary N) is 2. The number of H-pyrrole nitrogens is 2. The quantitative estimate of drug-likeness (QED) is 0.199. The lowest BCUT2D eigenvalue weighted by Gasteiger charge is -2.11. The number of rotatable bonds is 4. The van der Waals surface area contributed by atoms with Gasteiger partial charge in [0.25, 0.3) is 0 Å². The number of hydrogen-bond acceptors (Lipinski definition) is 5. The van der Waals surface area contributed by atoms with Gasteiger partial charge in [0.2, 0.25) is 0 Å². The zero-order chi connectivity index (χ0) is 33.2. The van der Waals surface area contributed by atoms with E-state index in [9.17, 15) is 0 Å². The van der Waals surface area contributed by atoms with Crippen LogP contribution in [-0.4, -0.2) is 38.7 Å². The molecule has 236 valence electrons. The van der Waals surface area contributed by atoms with Gasteiger partial charge in [-0.15, -0.1) is 0 Å². The Morgan fingerprint density at radius 3 is 0.820 bits per heavy atom. The molecule has 50 heavy (non-hydrogen) atoms. The van der Waals surface area contributed by atoms with Crippen LogP contribution in [0.1, 0.15) is 0 Å². The first kappa shape index (κ1) is 27.9. The second-order valence-corrected chi connectivity index (χ2v) is 12.2. The smallest absolute Gasteiger partial charge is 0.338 e. The maximum absolute atomic E-state index is 15.8. The zero-order valence-electron chi connectivity index (χ0n) is 26.4. The molecule has 0 unspecified atom stereocenters. The van der Waals surface area contributed by atoms with Gasteiger partial charge in [-0.1, -0.05) is 0 Å². The van der Waals surface area contributed by atoms with Crippen molar-refractivity contribution in [1.29, 1.82) is 0 Å². The van der Waals surface area contributed by atoms with E-state index in [0.717, 1.165) is 88.6 Å². The molecule has 10 heterocycles. The highest BCUT2D eigenvalue weighted by molar-refractivity contribution is 6.03. The van der Waals surface area contributed by atoms with E-state index in [1.165, 1.54) is 0 Å². The van der Waals surface area contributed by atoms with Crippen molar-refractivity contribution in [2.75, 3.05) is 0 Å². The molecule has 2 N–H and O–H groups in total. The Hall–Kier alpha value is -7.13. The molecule has 0 saturated carbocycles. The van der Waals surface area contributed by atoms with Crippen LogP contribution < -0.4 is 5.69 Å². The molecule has 0 radical (unpaired) electrons. The molecule has 6 bridgehead atoms. The number of hydrogen-bond donors (Lipinski definition) is 2. The third-order valence-electron chi connectivity index (χ3n) is 9.49. The van der Waals surface area contributed by atoms with E-state index in [4.69, 9.17) is 0 Å². The Balaban J connectivity index is 1.58. The van der Waals surface area contributed by atoms with Gasteiger partial charge in [0.15, 0.2) is 0 Å². The van der Waals surface area contributed by atoms with E-state index in [-0.39, 0.29) is 5.69 Å². The summed E-state index contributed by atoms with van der Waals surface area (Å²) < 4.78 is 3.70. The van der Waals surface area contributed by atoms with Crippen LogP contribution in [0.2, 0.25) is 0 Å². The number of fused-ring (bicyclic) bond motifs is 4. The van der Waals surface area contributed by atoms with Gasteiger partial charge in [0.05, 0.1) is 22.1 Å². The molecule has 0 spiro atoms. The fourth-order valence-electron chi connectivity index (χ4n) is 7.38. The van der Waals surface area contributed by atoms with E-state index >= 15 is 4.79 Å². The van der Waals surface area contributed by atoms with Gasteiger partial charge in [-0.25, -0.2) is 4.79 Å². The first-order chi connectivity index (χ1) is 24.7. The van der Waals surface area contributed by atoms with Crippen LogP contribution in [0.4, 0.5) is 0 Å². The van der Waals surface area contributed by atoms with Crippen LogP contribution in [0.25, 0.3) is 88.6 Å². The van der Waals surface area contributed by atoms with E-state index in [1.807, 2.05) is 81.6 Å². The first-order valence-corrected chi connectivity index (χ1v) is 16.2. The Morgan fingerprint density at radius 1 is 0.340 bits per heavy atom. The maximum Gasteiger partial charge on any atom is 0.338 e. The average molecular weight is 647 g/mol. The highest BCUT2D eigenvalue weighted by atomic mass is 16.1. The highest BCUT2D eigenvalue weighted by Crippen LogP contribution is 2.38. The largest absolute Gasteiger partial charge is 0.354 e. The summed E-state index contributed by atoms with van der Waals surface area (Å²) in [6.45, 7) is 0. The van der Waals surface area contributed by atoms with Crippen LogP contribution in [0.15, 0.2) is 151 Å². The Labute approximate surface area is 283 Å². The molecule has 0 saturated heterocycles. The summed E-state index contributed by atoms with van der Waals surface area (Å²) in [6, 6.07) is 32.3. The second-order valence-electron chi connectivity index (χ2n) is 12.2. The molecule has 0 amide bonds. The first-order valence-electron chi connectivity index (χ1n) is 16.2. The average Bonchev–Trinajstić information content (AvgIpc) is 3.99. The standard InChI is InChI=1S/C41H26N8O/c50-41-48-33-5-6-35(48)39(27-13-21-44-22-14-27)31-3-4-32(47-31)40(28-15-23-45-24-16-28)36-8-7-34(49(36)41)38(26-11-19-43-20-12-26)30-2-1-29(46-30)37(33)25-9-17-42-18-10-25/h1-24,46-47H. The van der Waals surface area contributed by atoms with Gasteiger partial charge in [-0.05, 0) is 119 Å². The summed E-state index contributed by atoms with van der Waals surface area (Å²) in [6.07, 6.45) is 14.2. The van der Waals surface area contributed by atoms with Gasteiger partial charge in [0, 0.05) is 93.9 Å². The fourth-order valence-corrected chi connectivity index (χ4v) is 7.38. The summed E-state index contributed by atoms with van der Waals surface area (Å²) in [5.74, 6) is 0. The minimum Gasteiger partial charge on any atom is -0.354 e. The zero-order valence-corrected chi connectivity index (χ0v) is 26.4. The molecule has 9 nitrogen and oxygen atoms in total. The summed E-state index contributed by atoms with van der Waals surface area (Å²) in [7, 11) is 0. The predicted octanol–water partition coefficient (Wildman–Crippen LogP) is 8.48. The lowest BCUT2D eigenvalue weighted by Crippen LogP contribution is -2.19. The van der Waals surface area contributed by atoms with Crippen molar-refractivity contribution in [3.8, 4) is 44.5 Å². The normalized spacial score (nSPS) is 11.7. The van der Waals surface area contributed by atoms with Crippen molar-refractivity contribution < 1.29 is 0 Å². The number of aromatic nitrogens is 8. The van der Waals surface area contributed by atoms with Gasteiger partial charge in [-0.2, -0.15) is 0 Å². The highest BCUT2D eigenvalue weighted by Gasteiger charge is 2.20. The summed E-state index contributed by atoms with van der Waals surface area (Å²) in [5, 5.41) is 0. The molecule has 10 rings (SSSR count). The number of aromatic amines is 2. The van der Waals surface area contributed by atoms with Gasteiger partial charge < -0.3 is 9.97 Å². The second kappa shape index (κ2) is 11.0. The SMILES string of the molecule is O=c1n2c3ccc2c(-c2ccncc2)c2ccc([nH]2)c(-c2ccncc2)c2ccc(c(-c4ccncc4)c4ccc([nH]4)c3-c3ccncc3)n12. The molecule has 9 heteroatoms. The van der Waals surface area contributed by atoms with Crippen LogP contribution in [0.5, 0.6) is 0 Å². The molecule has 0 fully saturated rings. The maximum atomic E-state index is 15.8. The van der Waals surface area contributed by atoms with E-state index in [0.29, 0.717) is 0 Å². The van der Waals surface area contributed by atoms with Crippen molar-refractivity contribution in [3.05, 3.63) is 157 Å². The van der Waals surface area contributed by atoms with E-state index in [2.05, 4.69) is 54.2 Å². The predicted molar refractivity (Wildman–Crippen MR) is 198 cm³/mol. The molecular formula is C41H26N8O. The van der Waals surface area contributed by atoms with Gasteiger partial charge in [-0.3, -0.25) is 28.7 Å². The van der Waals surface area contributed by atoms with E-state index < -0.39 is 0 Å². The molecule has 0 aliphatic carbocycles. The van der Waals surface area contributed by atoms with Gasteiger partial charge >= 0.3 is 5.69 Å². The van der Waals surface area contributed by atoms with Crippen molar-refractivity contribution in [2.24, 2.45) is 0 Å². The van der Waals surface area contributed by atoms with Gasteiger partial charge in [0.1, 0.15) is 0 Å². The monoisotopic (exact) mass is 646 g/mol. The molecule has 10 aromatic rings. The molecule has 0 aromatic carbocycles. The number of nitrogens with zero attached hydrogens (tertiary/aromatic N) is 6. The Bertz CT molecular complexity index is 2590. The van der Waals surface area contributed by atoms with Crippen molar-refractivity contribution in [2.45, 2.75) is 0 Å². The van der Waals surface area contributed by atoms with Crippen LogP contribution >= 0.6 is 0 Å². The van der Waals surface area contributed by atoms with Crippen LogP contribution in [0, 0.1) is 0 Å². The molecule has 0 aliphatic heterocycles. The lowest BCUT2D eigenvalue weighted by molar-refractivity contribution is 1.02. The Kier molecular flexibility index (Phi) is 6.12. The topological polar surface area (TPSA) is 109 Å². The minimum absolute atomic E-state index is 0.212. The van der Waals surface area contributed by atoms with Crippen molar-refractivity contribution in [3.63, 3.8) is 0 Å². The Morgan fingerprint density at radius 2 is 0.580 bits per heavy atom. The van der Waals surface area contributed by atoms with Crippen molar-refractivity contribution in [1.82, 2.24) is 38.7 Å². The fraction of sp³-hybridized carbons (Fsp3) is 0. The molecule has 10 aromatic heterocycles. The third-order valence-corrected chi connectivity index (χ3v) is 9.49. The van der Waals surface area contributed by atoms with Crippen LogP contribution in [0.3, 0.4) is 0 Å². The summed E-state index contributed by atoms with van der Waals surface area (Å²) in [5.41, 5.74) is 13.5. The number of pyridine rings is 4.